The van der Waals surface area contributed by atoms with E-state index < -0.39 is 81.2 Å². The van der Waals surface area contributed by atoms with Crippen molar-refractivity contribution in [3.63, 3.8) is 0 Å². The third-order valence-electron chi connectivity index (χ3n) is 5.25. The first-order valence-electron chi connectivity index (χ1n) is 10.9. The van der Waals surface area contributed by atoms with Crippen molar-refractivity contribution in [2.24, 2.45) is 0 Å². The van der Waals surface area contributed by atoms with Crippen molar-refractivity contribution < 1.29 is 96.7 Å². The van der Waals surface area contributed by atoms with E-state index in [1.807, 2.05) is 0 Å². The van der Waals surface area contributed by atoms with Gasteiger partial charge < -0.3 is 13.3 Å². The van der Waals surface area contributed by atoms with Gasteiger partial charge in [-0.25, -0.2) is 0 Å². The van der Waals surface area contributed by atoms with E-state index >= 15 is 0 Å². The van der Waals surface area contributed by atoms with Crippen LogP contribution in [0.1, 0.15) is 33.6 Å². The zero-order valence-corrected chi connectivity index (χ0v) is 21.6. The molecule has 0 spiro atoms. The first-order valence-corrected chi connectivity index (χ1v) is 12.8. The van der Waals surface area contributed by atoms with Crippen molar-refractivity contribution >= 4 is 8.80 Å². The van der Waals surface area contributed by atoms with E-state index in [1.54, 1.807) is 0 Å². The maximum Gasteiger partial charge on any atom is 0.500 e. The minimum absolute atomic E-state index is 0.260. The first kappa shape index (κ1) is 39.8. The van der Waals surface area contributed by atoms with E-state index in [0.717, 1.165) is 0 Å². The van der Waals surface area contributed by atoms with Crippen molar-refractivity contribution in [2.45, 2.75) is 93.2 Å². The van der Waals surface area contributed by atoms with Crippen molar-refractivity contribution in [2.75, 3.05) is 19.8 Å². The van der Waals surface area contributed by atoms with E-state index in [4.69, 9.17) is 13.3 Å². The summed E-state index contributed by atoms with van der Waals surface area (Å²) in [6.07, 6.45) is -12.0. The summed E-state index contributed by atoms with van der Waals surface area (Å²) in [5.41, 5.74) is 0. The molecular formula is C18H21F19O3Si. The van der Waals surface area contributed by atoms with Crippen molar-refractivity contribution in [3.05, 3.63) is 0 Å². The summed E-state index contributed by atoms with van der Waals surface area (Å²) in [4.78, 5) is 0. The summed E-state index contributed by atoms with van der Waals surface area (Å²) in [5.74, 6) is -66.5. The van der Waals surface area contributed by atoms with Gasteiger partial charge in [0.05, 0.1) is 0 Å². The lowest BCUT2D eigenvalue weighted by Crippen LogP contribution is -2.75. The Balaban J connectivity index is 6.54. The smallest absolute Gasteiger partial charge is 0.374 e. The third kappa shape index (κ3) is 6.36. The molecule has 0 radical (unpaired) electrons. The van der Waals surface area contributed by atoms with Crippen LogP contribution in [0.2, 0.25) is 6.04 Å². The number of hydrogen-bond acceptors (Lipinski definition) is 3. The first-order chi connectivity index (χ1) is 17.9. The van der Waals surface area contributed by atoms with Crippen molar-refractivity contribution in [3.8, 4) is 0 Å². The lowest BCUT2D eigenvalue weighted by atomic mass is 9.86. The molecule has 0 aromatic carbocycles. The minimum Gasteiger partial charge on any atom is -0.374 e. The fourth-order valence-electron chi connectivity index (χ4n) is 3.08. The van der Waals surface area contributed by atoms with E-state index in [1.165, 1.54) is 20.8 Å². The number of hydrogen-bond donors (Lipinski definition) is 0. The molecule has 248 valence electrons. The molecule has 0 unspecified atom stereocenters. The van der Waals surface area contributed by atoms with Crippen LogP contribution in [0.4, 0.5) is 83.4 Å². The second-order valence-electron chi connectivity index (χ2n) is 8.06. The summed E-state index contributed by atoms with van der Waals surface area (Å²) in [5, 5.41) is 0. The van der Waals surface area contributed by atoms with Gasteiger partial charge in [0.1, 0.15) is 0 Å². The molecule has 0 N–H and O–H groups in total. The third-order valence-corrected chi connectivity index (χ3v) is 8.40. The van der Waals surface area contributed by atoms with Crippen molar-refractivity contribution in [1.82, 2.24) is 0 Å². The highest BCUT2D eigenvalue weighted by Gasteiger charge is 2.96. The Bertz CT molecular complexity index is 842. The highest BCUT2D eigenvalue weighted by atomic mass is 28.4. The van der Waals surface area contributed by atoms with Gasteiger partial charge in [-0.15, -0.1) is 0 Å². The van der Waals surface area contributed by atoms with Crippen LogP contribution < -0.4 is 0 Å². The van der Waals surface area contributed by atoms with Gasteiger partial charge in [0.2, 0.25) is 0 Å². The fraction of sp³-hybridized carbons (Fsp3) is 1.00. The van der Waals surface area contributed by atoms with E-state index in [9.17, 15) is 83.4 Å². The molecule has 0 fully saturated rings. The van der Waals surface area contributed by atoms with Crippen LogP contribution in [0.3, 0.4) is 0 Å². The van der Waals surface area contributed by atoms with Gasteiger partial charge in [0, 0.05) is 32.3 Å². The maximum atomic E-state index is 14.1. The van der Waals surface area contributed by atoms with Crippen LogP contribution in [0.15, 0.2) is 0 Å². The van der Waals surface area contributed by atoms with Gasteiger partial charge in [-0.2, -0.15) is 83.4 Å². The van der Waals surface area contributed by atoms with Crippen LogP contribution in [0.5, 0.6) is 0 Å². The zero-order chi connectivity index (χ0) is 33.4. The van der Waals surface area contributed by atoms with Crippen LogP contribution in [-0.2, 0) is 13.3 Å². The summed E-state index contributed by atoms with van der Waals surface area (Å²) >= 11 is 0. The van der Waals surface area contributed by atoms with Crippen molar-refractivity contribution in [1.29, 1.82) is 0 Å². The zero-order valence-electron chi connectivity index (χ0n) is 20.6. The summed E-state index contributed by atoms with van der Waals surface area (Å²) in [6, 6.07) is -0.927. The number of halogens is 19. The van der Waals surface area contributed by atoms with E-state index in [-0.39, 0.29) is 19.8 Å². The summed E-state index contributed by atoms with van der Waals surface area (Å²) in [7, 11) is -4.03. The van der Waals surface area contributed by atoms with Gasteiger partial charge in [-0.3, -0.25) is 0 Å². The molecule has 41 heavy (non-hydrogen) atoms. The predicted octanol–water partition coefficient (Wildman–Crippen LogP) is 8.46. The van der Waals surface area contributed by atoms with Crippen LogP contribution in [-0.4, -0.2) is 82.2 Å². The maximum absolute atomic E-state index is 14.1. The Labute approximate surface area is 219 Å². The average molecular weight is 674 g/mol. The van der Waals surface area contributed by atoms with Gasteiger partial charge in [-0.05, 0) is 27.2 Å². The molecule has 0 saturated carbocycles. The molecule has 0 aliphatic carbocycles. The van der Waals surface area contributed by atoms with Gasteiger partial charge in [0.15, 0.2) is 0 Å². The monoisotopic (exact) mass is 674 g/mol. The predicted molar refractivity (Wildman–Crippen MR) is 100 cm³/mol. The molecule has 0 heterocycles. The Morgan fingerprint density at radius 3 is 0.951 bits per heavy atom. The second-order valence-corrected chi connectivity index (χ2v) is 10.8. The van der Waals surface area contributed by atoms with Gasteiger partial charge in [-0.1, -0.05) is 0 Å². The molecule has 0 aliphatic heterocycles. The van der Waals surface area contributed by atoms with Gasteiger partial charge >= 0.3 is 62.4 Å². The molecule has 0 amide bonds. The van der Waals surface area contributed by atoms with E-state index in [0.29, 0.717) is 0 Å². The molecule has 23 heteroatoms. The molecule has 0 aliphatic rings. The molecule has 0 saturated heterocycles. The Morgan fingerprint density at radius 2 is 0.683 bits per heavy atom. The molecule has 0 aromatic heterocycles. The van der Waals surface area contributed by atoms with Crippen LogP contribution in [0.25, 0.3) is 0 Å². The molecule has 0 aromatic rings. The fourth-order valence-corrected chi connectivity index (χ4v) is 5.69. The van der Waals surface area contributed by atoms with Gasteiger partial charge in [0.25, 0.3) is 0 Å². The molecular weight excluding hydrogens is 653 g/mol. The second kappa shape index (κ2) is 12.0. The highest BCUT2D eigenvalue weighted by molar-refractivity contribution is 6.60. The lowest BCUT2D eigenvalue weighted by Gasteiger charge is -2.43. The quantitative estimate of drug-likeness (QED) is 0.115. The van der Waals surface area contributed by atoms with Crippen LogP contribution >= 0.6 is 0 Å². The number of alkyl halides is 19. The Morgan fingerprint density at radius 1 is 0.415 bits per heavy atom. The largest absolute Gasteiger partial charge is 0.500 e. The SMILES string of the molecule is CCO[Si](CCCC(F)(F)C(F)(F)C(F)(F)C(F)(F)C(F)(F)C(F)(F)C(F)(F)C(F)(F)C(F)(F)F)(OCC)OCC. The summed E-state index contributed by atoms with van der Waals surface area (Å²) < 4.78 is 270. The normalized spacial score (nSPS) is 16.0. The summed E-state index contributed by atoms with van der Waals surface area (Å²) in [6.45, 7) is 3.12. The molecule has 3 nitrogen and oxygen atoms in total. The number of rotatable bonds is 17. The van der Waals surface area contributed by atoms with E-state index in [2.05, 4.69) is 0 Å². The topological polar surface area (TPSA) is 27.7 Å². The molecule has 0 atom stereocenters. The Hall–Kier alpha value is -1.23. The highest BCUT2D eigenvalue weighted by Crippen LogP contribution is 2.65. The average Bonchev–Trinajstić information content (AvgIpc) is 2.77. The minimum atomic E-state index is -8.93. The van der Waals surface area contributed by atoms with Crippen LogP contribution in [0, 0.1) is 0 Å². The standard InChI is InChI=1S/C18H21F19O3Si/c1-4-38-41(39-5-2,40-6-3)9-7-8-10(19,20)11(21,22)12(23,24)13(25,26)14(27,28)15(29,30)16(31,32)17(33,34)18(35,36)37/h4-9H2,1-3H3. The lowest BCUT2D eigenvalue weighted by molar-refractivity contribution is -0.468. The molecule has 0 rings (SSSR count). The molecule has 0 bridgehead atoms. The Kier molecular flexibility index (Phi) is 11.7.